The third kappa shape index (κ3) is 3.33. The smallest absolute Gasteiger partial charge is 0.435 e. The molecular weight excluding hydrogens is 287 g/mol. The van der Waals surface area contributed by atoms with E-state index in [2.05, 4.69) is 5.10 Å². The summed E-state index contributed by atoms with van der Waals surface area (Å²) in [5.41, 5.74) is 4.30. The molecule has 5 nitrogen and oxygen atoms in total. The molecule has 0 unspecified atom stereocenters. The summed E-state index contributed by atoms with van der Waals surface area (Å²) < 4.78 is 43.8. The molecule has 2 rings (SSSR count). The maximum atomic E-state index is 12.6. The Morgan fingerprint density at radius 3 is 2.43 bits per heavy atom. The van der Waals surface area contributed by atoms with Gasteiger partial charge >= 0.3 is 6.18 Å². The molecule has 2 N–H and O–H groups in total. The Morgan fingerprint density at radius 2 is 1.95 bits per heavy atom. The highest BCUT2D eigenvalue weighted by molar-refractivity contribution is 5.91. The summed E-state index contributed by atoms with van der Waals surface area (Å²) >= 11 is 0. The van der Waals surface area contributed by atoms with Gasteiger partial charge in [0, 0.05) is 6.07 Å². The average Bonchev–Trinajstić information content (AvgIpc) is 2.84. The highest BCUT2D eigenvalue weighted by Crippen LogP contribution is 2.28. The van der Waals surface area contributed by atoms with Crippen LogP contribution in [0.1, 0.15) is 21.7 Å². The minimum Gasteiger partial charge on any atom is -0.497 e. The molecule has 0 saturated carbocycles. The molecule has 1 aromatic heterocycles. The first-order valence-electron chi connectivity index (χ1n) is 5.89. The van der Waals surface area contributed by atoms with Crippen LogP contribution in [-0.2, 0) is 12.7 Å². The molecule has 0 aliphatic carbocycles. The van der Waals surface area contributed by atoms with Crippen molar-refractivity contribution in [3.05, 3.63) is 47.3 Å². The molecular formula is C13H12F3N3O2. The van der Waals surface area contributed by atoms with Gasteiger partial charge in [-0.05, 0) is 17.7 Å². The first-order chi connectivity index (χ1) is 9.81. The van der Waals surface area contributed by atoms with E-state index in [1.807, 2.05) is 0 Å². The topological polar surface area (TPSA) is 70.1 Å². The van der Waals surface area contributed by atoms with Crippen molar-refractivity contribution in [2.45, 2.75) is 12.7 Å². The van der Waals surface area contributed by atoms with E-state index in [1.54, 1.807) is 24.3 Å². The molecule has 0 radical (unpaired) electrons. The molecule has 0 aliphatic rings. The van der Waals surface area contributed by atoms with Gasteiger partial charge in [0.15, 0.2) is 5.69 Å². The van der Waals surface area contributed by atoms with Crippen LogP contribution >= 0.6 is 0 Å². The monoisotopic (exact) mass is 299 g/mol. The molecule has 21 heavy (non-hydrogen) atoms. The number of rotatable bonds is 4. The summed E-state index contributed by atoms with van der Waals surface area (Å²) in [7, 11) is 1.50. The van der Waals surface area contributed by atoms with Crippen LogP contribution in [0.4, 0.5) is 13.2 Å². The first kappa shape index (κ1) is 14.9. The van der Waals surface area contributed by atoms with E-state index in [9.17, 15) is 18.0 Å². The minimum absolute atomic E-state index is 0.00164. The SMILES string of the molecule is COc1ccc(Cn2nc(C(F)(F)F)cc2C(N)=O)cc1. The summed E-state index contributed by atoms with van der Waals surface area (Å²) in [6, 6.07) is 7.30. The van der Waals surface area contributed by atoms with Crippen LogP contribution < -0.4 is 10.5 Å². The Kier molecular flexibility index (Phi) is 3.88. The summed E-state index contributed by atoms with van der Waals surface area (Å²) in [4.78, 5) is 11.2. The van der Waals surface area contributed by atoms with Crippen molar-refractivity contribution in [1.29, 1.82) is 0 Å². The van der Waals surface area contributed by atoms with Crippen LogP contribution in [0.5, 0.6) is 5.75 Å². The number of aromatic nitrogens is 2. The van der Waals surface area contributed by atoms with Crippen molar-refractivity contribution in [1.82, 2.24) is 9.78 Å². The van der Waals surface area contributed by atoms with Crippen molar-refractivity contribution in [2.75, 3.05) is 7.11 Å². The summed E-state index contributed by atoms with van der Waals surface area (Å²) in [6.45, 7) is -0.00164. The van der Waals surface area contributed by atoms with Crippen molar-refractivity contribution < 1.29 is 22.7 Å². The number of methoxy groups -OCH3 is 1. The van der Waals surface area contributed by atoms with Crippen LogP contribution in [-0.4, -0.2) is 22.8 Å². The molecule has 1 aromatic carbocycles. The average molecular weight is 299 g/mol. The Morgan fingerprint density at radius 1 is 1.33 bits per heavy atom. The second-order valence-corrected chi connectivity index (χ2v) is 4.28. The standard InChI is InChI=1S/C13H12F3N3O2/c1-21-9-4-2-8(3-5-9)7-19-10(12(17)20)6-11(18-19)13(14,15)16/h2-6H,7H2,1H3,(H2,17,20). The second-order valence-electron chi connectivity index (χ2n) is 4.28. The largest absolute Gasteiger partial charge is 0.497 e. The first-order valence-corrected chi connectivity index (χ1v) is 5.89. The fourth-order valence-electron chi connectivity index (χ4n) is 1.78. The van der Waals surface area contributed by atoms with E-state index in [-0.39, 0.29) is 12.2 Å². The number of alkyl halides is 3. The molecule has 112 valence electrons. The maximum absolute atomic E-state index is 12.6. The highest BCUT2D eigenvalue weighted by Gasteiger charge is 2.35. The van der Waals surface area contributed by atoms with Gasteiger partial charge in [0.1, 0.15) is 11.4 Å². The predicted octanol–water partition coefficient (Wildman–Crippen LogP) is 2.06. The Bertz CT molecular complexity index is 648. The normalized spacial score (nSPS) is 11.4. The minimum atomic E-state index is -4.63. The number of amides is 1. The third-order valence-corrected chi connectivity index (χ3v) is 2.81. The van der Waals surface area contributed by atoms with Crippen LogP contribution in [0, 0.1) is 0 Å². The molecule has 0 fully saturated rings. The zero-order valence-corrected chi connectivity index (χ0v) is 11.0. The van der Waals surface area contributed by atoms with Crippen molar-refractivity contribution >= 4 is 5.91 Å². The van der Waals surface area contributed by atoms with Crippen LogP contribution in [0.15, 0.2) is 30.3 Å². The number of hydrogen-bond acceptors (Lipinski definition) is 3. The number of carbonyl (C=O) groups excluding carboxylic acids is 1. The number of hydrogen-bond donors (Lipinski definition) is 1. The van der Waals surface area contributed by atoms with E-state index >= 15 is 0 Å². The lowest BCUT2D eigenvalue weighted by atomic mass is 10.2. The molecule has 8 heteroatoms. The zero-order chi connectivity index (χ0) is 15.6. The molecule has 1 amide bonds. The van der Waals surface area contributed by atoms with Gasteiger partial charge in [-0.2, -0.15) is 18.3 Å². The van der Waals surface area contributed by atoms with E-state index < -0.39 is 17.8 Å². The molecule has 0 spiro atoms. The lowest BCUT2D eigenvalue weighted by Gasteiger charge is -2.06. The number of ether oxygens (including phenoxy) is 1. The number of halogens is 3. The molecule has 0 aliphatic heterocycles. The second kappa shape index (κ2) is 5.47. The van der Waals surface area contributed by atoms with Crippen molar-refractivity contribution in [3.8, 4) is 5.75 Å². The van der Waals surface area contributed by atoms with Crippen LogP contribution in [0.25, 0.3) is 0 Å². The Hall–Kier alpha value is -2.51. The number of nitrogens with zero attached hydrogens (tertiary/aromatic N) is 2. The predicted molar refractivity (Wildman–Crippen MR) is 67.8 cm³/mol. The van der Waals surface area contributed by atoms with Gasteiger partial charge in [-0.1, -0.05) is 12.1 Å². The summed E-state index contributed by atoms with van der Waals surface area (Å²) in [5.74, 6) is -0.350. The third-order valence-electron chi connectivity index (χ3n) is 2.81. The summed E-state index contributed by atoms with van der Waals surface area (Å²) in [6.07, 6.45) is -4.63. The Balaban J connectivity index is 2.33. The van der Waals surface area contributed by atoms with E-state index in [0.29, 0.717) is 17.4 Å². The molecule has 0 bridgehead atoms. The van der Waals surface area contributed by atoms with Gasteiger partial charge in [-0.15, -0.1) is 0 Å². The lowest BCUT2D eigenvalue weighted by Crippen LogP contribution is -2.18. The van der Waals surface area contributed by atoms with Crippen molar-refractivity contribution in [2.24, 2.45) is 5.73 Å². The lowest BCUT2D eigenvalue weighted by molar-refractivity contribution is -0.141. The van der Waals surface area contributed by atoms with Gasteiger partial charge in [-0.25, -0.2) is 0 Å². The number of primary amides is 1. The van der Waals surface area contributed by atoms with Gasteiger partial charge < -0.3 is 10.5 Å². The Labute approximate surface area is 118 Å². The number of carbonyl (C=O) groups is 1. The van der Waals surface area contributed by atoms with Crippen LogP contribution in [0.2, 0.25) is 0 Å². The number of nitrogens with two attached hydrogens (primary N) is 1. The molecule has 0 saturated heterocycles. The van der Waals surface area contributed by atoms with Crippen LogP contribution in [0.3, 0.4) is 0 Å². The van der Waals surface area contributed by atoms with E-state index in [4.69, 9.17) is 10.5 Å². The van der Waals surface area contributed by atoms with E-state index in [1.165, 1.54) is 7.11 Å². The van der Waals surface area contributed by atoms with Gasteiger partial charge in [0.25, 0.3) is 5.91 Å². The highest BCUT2D eigenvalue weighted by atomic mass is 19.4. The fourth-order valence-corrected chi connectivity index (χ4v) is 1.78. The number of benzene rings is 1. The molecule has 1 heterocycles. The van der Waals surface area contributed by atoms with Gasteiger partial charge in [0.05, 0.1) is 13.7 Å². The van der Waals surface area contributed by atoms with Gasteiger partial charge in [-0.3, -0.25) is 9.48 Å². The maximum Gasteiger partial charge on any atom is 0.435 e. The quantitative estimate of drug-likeness (QED) is 0.939. The van der Waals surface area contributed by atoms with Crippen molar-refractivity contribution in [3.63, 3.8) is 0 Å². The summed E-state index contributed by atoms with van der Waals surface area (Å²) in [5, 5.41) is 3.40. The molecule has 0 atom stereocenters. The molecule has 2 aromatic rings. The van der Waals surface area contributed by atoms with E-state index in [0.717, 1.165) is 4.68 Å². The fraction of sp³-hybridized carbons (Fsp3) is 0.231. The zero-order valence-electron chi connectivity index (χ0n) is 11.0. The van der Waals surface area contributed by atoms with Gasteiger partial charge in [0.2, 0.25) is 0 Å².